The lowest BCUT2D eigenvalue weighted by molar-refractivity contribution is -0.135. The van der Waals surface area contributed by atoms with Crippen LogP contribution >= 0.6 is 0 Å². The number of carbonyl (C=O) groups excluding carboxylic acids is 2. The van der Waals surface area contributed by atoms with E-state index < -0.39 is 6.04 Å². The van der Waals surface area contributed by atoms with Gasteiger partial charge in [-0.25, -0.2) is 4.39 Å². The summed E-state index contributed by atoms with van der Waals surface area (Å²) < 4.78 is 19.6. The Kier molecular flexibility index (Phi) is 8.54. The van der Waals surface area contributed by atoms with Crippen LogP contribution in [-0.2, 0) is 9.53 Å². The summed E-state index contributed by atoms with van der Waals surface area (Å²) in [6.07, 6.45) is 9.50. The average Bonchev–Trinajstić information content (AvgIpc) is 3.59. The average molecular weight is 501 g/mol. The van der Waals surface area contributed by atoms with Gasteiger partial charge in [-0.05, 0) is 62.3 Å². The van der Waals surface area contributed by atoms with Crippen LogP contribution in [0.25, 0.3) is 0 Å². The molecule has 3 atom stereocenters. The third-order valence-electron chi connectivity index (χ3n) is 8.54. The van der Waals surface area contributed by atoms with Crippen LogP contribution in [-0.4, -0.2) is 97.1 Å². The number of halogens is 1. The lowest BCUT2D eigenvalue weighted by Crippen LogP contribution is -2.53. The molecule has 7 nitrogen and oxygen atoms in total. The number of ether oxygens (including phenoxy) is 1. The molecule has 1 N–H and O–H groups in total. The number of hydrogen-bond donors (Lipinski definition) is 1. The van der Waals surface area contributed by atoms with Crippen molar-refractivity contribution in [2.45, 2.75) is 69.6 Å². The number of carbonyl (C=O) groups is 2. The third-order valence-corrected chi connectivity index (χ3v) is 8.54. The molecule has 1 aromatic carbocycles. The van der Waals surface area contributed by atoms with Gasteiger partial charge in [0.25, 0.3) is 5.91 Å². The minimum Gasteiger partial charge on any atom is -0.377 e. The Balaban J connectivity index is 1.37. The van der Waals surface area contributed by atoms with E-state index in [4.69, 9.17) is 4.74 Å². The van der Waals surface area contributed by atoms with E-state index in [0.717, 1.165) is 45.6 Å². The molecule has 3 heterocycles. The molecule has 3 unspecified atom stereocenters. The van der Waals surface area contributed by atoms with Crippen molar-refractivity contribution in [2.24, 2.45) is 5.92 Å². The van der Waals surface area contributed by atoms with E-state index in [9.17, 15) is 14.0 Å². The first-order chi connectivity index (χ1) is 17.6. The van der Waals surface area contributed by atoms with Crippen molar-refractivity contribution in [3.63, 3.8) is 0 Å². The number of benzene rings is 1. The maximum absolute atomic E-state index is 13.7. The second-order valence-electron chi connectivity index (χ2n) is 11.0. The van der Waals surface area contributed by atoms with E-state index >= 15 is 0 Å². The minimum absolute atomic E-state index is 0.0456. The summed E-state index contributed by atoms with van der Waals surface area (Å²) >= 11 is 0. The largest absolute Gasteiger partial charge is 0.377 e. The van der Waals surface area contributed by atoms with Crippen molar-refractivity contribution < 1.29 is 18.7 Å². The lowest BCUT2D eigenvalue weighted by atomic mass is 9.88. The van der Waals surface area contributed by atoms with Crippen molar-refractivity contribution in [3.05, 3.63) is 35.6 Å². The molecular formula is C28H41FN4O3. The quantitative estimate of drug-likeness (QED) is 0.624. The van der Waals surface area contributed by atoms with Crippen LogP contribution < -0.4 is 5.32 Å². The fourth-order valence-electron chi connectivity index (χ4n) is 6.52. The number of nitrogens with zero attached hydrogens (tertiary/aromatic N) is 3. The van der Waals surface area contributed by atoms with E-state index in [2.05, 4.69) is 10.2 Å². The summed E-state index contributed by atoms with van der Waals surface area (Å²) in [5, 5.41) is 3.31. The number of piperazine rings is 1. The second-order valence-corrected chi connectivity index (χ2v) is 11.0. The smallest absolute Gasteiger partial charge is 0.254 e. The fraction of sp³-hybridized carbons (Fsp3) is 0.714. The summed E-state index contributed by atoms with van der Waals surface area (Å²) in [6.45, 7) is 6.12. The number of likely N-dealkylation sites (tertiary alicyclic amines) is 1. The van der Waals surface area contributed by atoms with Gasteiger partial charge in [-0.15, -0.1) is 0 Å². The van der Waals surface area contributed by atoms with Crippen LogP contribution in [0.15, 0.2) is 24.3 Å². The molecule has 1 saturated carbocycles. The van der Waals surface area contributed by atoms with Gasteiger partial charge < -0.3 is 19.9 Å². The summed E-state index contributed by atoms with van der Waals surface area (Å²) in [7, 11) is 0. The second kappa shape index (κ2) is 12.0. The van der Waals surface area contributed by atoms with Gasteiger partial charge in [-0.2, -0.15) is 0 Å². The number of nitrogens with one attached hydrogen (secondary N) is 1. The van der Waals surface area contributed by atoms with Crippen LogP contribution in [0.4, 0.5) is 4.39 Å². The molecule has 0 spiro atoms. The molecule has 0 radical (unpaired) electrons. The predicted octanol–water partition coefficient (Wildman–Crippen LogP) is 2.90. The molecule has 0 aromatic heterocycles. The number of amides is 2. The Labute approximate surface area is 214 Å². The van der Waals surface area contributed by atoms with Crippen molar-refractivity contribution >= 4 is 11.8 Å². The van der Waals surface area contributed by atoms with E-state index in [-0.39, 0.29) is 29.8 Å². The van der Waals surface area contributed by atoms with Crippen molar-refractivity contribution in [1.82, 2.24) is 20.0 Å². The molecule has 2 amide bonds. The van der Waals surface area contributed by atoms with Gasteiger partial charge in [0.1, 0.15) is 11.9 Å². The molecule has 3 saturated heterocycles. The Morgan fingerprint density at radius 2 is 1.75 bits per heavy atom. The molecule has 36 heavy (non-hydrogen) atoms. The molecule has 1 aromatic rings. The fourth-order valence-corrected chi connectivity index (χ4v) is 6.52. The zero-order chi connectivity index (χ0) is 24.9. The molecule has 1 aliphatic carbocycles. The van der Waals surface area contributed by atoms with Gasteiger partial charge in [0.15, 0.2) is 0 Å². The first kappa shape index (κ1) is 25.6. The highest BCUT2D eigenvalue weighted by Gasteiger charge is 2.44. The van der Waals surface area contributed by atoms with Gasteiger partial charge in [0.2, 0.25) is 5.91 Å². The monoisotopic (exact) mass is 500 g/mol. The number of hydrogen-bond acceptors (Lipinski definition) is 5. The maximum atomic E-state index is 13.7. The standard InChI is InChI=1S/C28H41FN4O3/c29-23-10-8-22(9-11-23)27(34)33-19-24(17-26(33)28(35)31-14-12-30-13-15-31)32(20-25-7-4-16-36-25)18-21-5-2-1-3-6-21/h8-11,21,24-26,30H,1-7,12-20H2. The minimum atomic E-state index is -0.482. The SMILES string of the molecule is O=C(C1CC(N(CC2CCCCC2)CC2CCCO2)CN1C(=O)c1ccc(F)cc1)N1CCNCC1. The summed E-state index contributed by atoms with van der Waals surface area (Å²) in [6, 6.07) is 5.34. The van der Waals surface area contributed by atoms with E-state index in [1.165, 1.54) is 56.4 Å². The molecule has 198 valence electrons. The molecule has 5 rings (SSSR count). The zero-order valence-corrected chi connectivity index (χ0v) is 21.4. The van der Waals surface area contributed by atoms with Crippen LogP contribution in [0.1, 0.15) is 61.7 Å². The maximum Gasteiger partial charge on any atom is 0.254 e. The first-order valence-corrected chi connectivity index (χ1v) is 14.0. The topological polar surface area (TPSA) is 65.1 Å². The Morgan fingerprint density at radius 1 is 1.00 bits per heavy atom. The van der Waals surface area contributed by atoms with Gasteiger partial charge in [0, 0.05) is 64.0 Å². The molecule has 3 aliphatic heterocycles. The molecule has 4 fully saturated rings. The predicted molar refractivity (Wildman–Crippen MR) is 136 cm³/mol. The van der Waals surface area contributed by atoms with E-state index in [1.807, 2.05) is 4.90 Å². The molecular weight excluding hydrogens is 459 g/mol. The van der Waals surface area contributed by atoms with Crippen LogP contribution in [0.5, 0.6) is 0 Å². The normalized spacial score (nSPS) is 27.7. The van der Waals surface area contributed by atoms with E-state index in [1.54, 1.807) is 4.90 Å². The molecule has 8 heteroatoms. The van der Waals surface area contributed by atoms with Crippen molar-refractivity contribution in [3.8, 4) is 0 Å². The first-order valence-electron chi connectivity index (χ1n) is 14.0. The molecule has 0 bridgehead atoms. The van der Waals surface area contributed by atoms with Crippen LogP contribution in [0, 0.1) is 11.7 Å². The third kappa shape index (κ3) is 6.09. The highest BCUT2D eigenvalue weighted by molar-refractivity contribution is 5.98. The zero-order valence-electron chi connectivity index (χ0n) is 21.4. The van der Waals surface area contributed by atoms with Crippen molar-refractivity contribution in [1.29, 1.82) is 0 Å². The Bertz CT molecular complexity index is 879. The Morgan fingerprint density at radius 3 is 2.44 bits per heavy atom. The Hall–Kier alpha value is -2.03. The van der Waals surface area contributed by atoms with Gasteiger partial charge in [0.05, 0.1) is 6.10 Å². The van der Waals surface area contributed by atoms with Crippen LogP contribution in [0.2, 0.25) is 0 Å². The van der Waals surface area contributed by atoms with Gasteiger partial charge >= 0.3 is 0 Å². The summed E-state index contributed by atoms with van der Waals surface area (Å²) in [4.78, 5) is 33.6. The van der Waals surface area contributed by atoms with E-state index in [0.29, 0.717) is 37.5 Å². The highest BCUT2D eigenvalue weighted by atomic mass is 19.1. The molecule has 4 aliphatic rings. The number of rotatable bonds is 7. The van der Waals surface area contributed by atoms with Gasteiger partial charge in [-0.3, -0.25) is 14.5 Å². The van der Waals surface area contributed by atoms with Gasteiger partial charge in [-0.1, -0.05) is 19.3 Å². The summed E-state index contributed by atoms with van der Waals surface area (Å²) in [5.41, 5.74) is 0.438. The summed E-state index contributed by atoms with van der Waals surface area (Å²) in [5.74, 6) is 0.170. The van der Waals surface area contributed by atoms with Crippen LogP contribution in [0.3, 0.4) is 0 Å². The lowest BCUT2D eigenvalue weighted by Gasteiger charge is -2.35. The van der Waals surface area contributed by atoms with Crippen molar-refractivity contribution in [2.75, 3.05) is 52.4 Å². The highest BCUT2D eigenvalue weighted by Crippen LogP contribution is 2.31.